The first-order valence-corrected chi connectivity index (χ1v) is 13.2. The molecule has 2 aliphatic rings. The summed E-state index contributed by atoms with van der Waals surface area (Å²) in [7, 11) is 0. The van der Waals surface area contributed by atoms with Gasteiger partial charge in [-0.05, 0) is 61.6 Å². The summed E-state index contributed by atoms with van der Waals surface area (Å²) in [5.74, 6) is 0.439. The Morgan fingerprint density at radius 3 is 2.56 bits per heavy atom. The highest BCUT2D eigenvalue weighted by molar-refractivity contribution is 6.30. The minimum Gasteiger partial charge on any atom is -0.494 e. The molecule has 0 saturated carbocycles. The van der Waals surface area contributed by atoms with Crippen LogP contribution in [0.4, 0.5) is 0 Å². The predicted octanol–water partition coefficient (Wildman–Crippen LogP) is 5.86. The van der Waals surface area contributed by atoms with Crippen molar-refractivity contribution in [1.29, 1.82) is 0 Å². The van der Waals surface area contributed by atoms with Crippen molar-refractivity contribution >= 4 is 35.1 Å². The molecule has 0 unspecified atom stereocenters. The summed E-state index contributed by atoms with van der Waals surface area (Å²) in [6, 6.07) is 14.7. The molecule has 2 aromatic carbocycles. The number of alkyl halides is 1. The van der Waals surface area contributed by atoms with E-state index >= 15 is 0 Å². The zero-order valence-electron chi connectivity index (χ0n) is 20.4. The van der Waals surface area contributed by atoms with Crippen LogP contribution in [0.25, 0.3) is 0 Å². The summed E-state index contributed by atoms with van der Waals surface area (Å²) in [4.78, 5) is 28.3. The molecule has 36 heavy (non-hydrogen) atoms. The number of ether oxygens (including phenoxy) is 3. The molecular formula is C28H31Cl2NO5. The molecule has 0 aliphatic carbocycles. The van der Waals surface area contributed by atoms with E-state index in [1.165, 1.54) is 0 Å². The van der Waals surface area contributed by atoms with E-state index in [1.54, 1.807) is 17.0 Å². The Kier molecular flexibility index (Phi) is 9.30. The first-order chi connectivity index (χ1) is 17.5. The lowest BCUT2D eigenvalue weighted by Crippen LogP contribution is -2.42. The Morgan fingerprint density at radius 1 is 1.14 bits per heavy atom. The van der Waals surface area contributed by atoms with Crippen LogP contribution in [0.5, 0.6) is 5.75 Å². The lowest BCUT2D eigenvalue weighted by atomic mass is 9.83. The standard InChI is InChI=1S/C28H31Cl2NO5/c1-19-27(28(33)36-18-20-5-11-23(12-6-20)34-15-3-13-29)25(21-7-9-22(30)10-8-21)16-26(32)31(19)17-24-4-2-14-35-24/h5-12,24-25H,2-4,13-18H2,1H3/t24-,25+/m1/s1. The molecule has 0 N–H and O–H groups in total. The Bertz CT molecular complexity index is 1080. The molecule has 0 bridgehead atoms. The summed E-state index contributed by atoms with van der Waals surface area (Å²) >= 11 is 11.8. The second kappa shape index (κ2) is 12.6. The third kappa shape index (κ3) is 6.61. The molecule has 1 saturated heterocycles. The van der Waals surface area contributed by atoms with Crippen LogP contribution >= 0.6 is 23.2 Å². The molecule has 2 atom stereocenters. The number of hydrogen-bond acceptors (Lipinski definition) is 5. The van der Waals surface area contributed by atoms with Gasteiger partial charge in [0.2, 0.25) is 5.91 Å². The highest BCUT2D eigenvalue weighted by atomic mass is 35.5. The smallest absolute Gasteiger partial charge is 0.336 e. The molecule has 8 heteroatoms. The van der Waals surface area contributed by atoms with Gasteiger partial charge in [-0.3, -0.25) is 4.79 Å². The lowest BCUT2D eigenvalue weighted by molar-refractivity contribution is -0.141. The van der Waals surface area contributed by atoms with Crippen molar-refractivity contribution in [2.45, 2.75) is 51.2 Å². The average molecular weight is 532 g/mol. The fourth-order valence-electron chi connectivity index (χ4n) is 4.62. The molecule has 6 nitrogen and oxygen atoms in total. The second-order valence-electron chi connectivity index (χ2n) is 9.06. The zero-order chi connectivity index (χ0) is 25.5. The summed E-state index contributed by atoms with van der Waals surface area (Å²) < 4.78 is 17.1. The van der Waals surface area contributed by atoms with Gasteiger partial charge < -0.3 is 19.1 Å². The first-order valence-electron chi connectivity index (χ1n) is 12.3. The molecule has 192 valence electrons. The van der Waals surface area contributed by atoms with Crippen molar-refractivity contribution in [3.63, 3.8) is 0 Å². The largest absolute Gasteiger partial charge is 0.494 e. The van der Waals surface area contributed by atoms with Crippen LogP contribution in [0.2, 0.25) is 5.02 Å². The van der Waals surface area contributed by atoms with Gasteiger partial charge in [0.25, 0.3) is 0 Å². The molecule has 1 fully saturated rings. The van der Waals surface area contributed by atoms with Crippen molar-refractivity contribution in [2.24, 2.45) is 0 Å². The van der Waals surface area contributed by atoms with Crippen LogP contribution in [-0.4, -0.2) is 48.5 Å². The van der Waals surface area contributed by atoms with Crippen molar-refractivity contribution in [3.05, 3.63) is 76.0 Å². The van der Waals surface area contributed by atoms with Crippen molar-refractivity contribution in [3.8, 4) is 5.75 Å². The summed E-state index contributed by atoms with van der Waals surface area (Å²) in [5, 5.41) is 0.598. The van der Waals surface area contributed by atoms with Crippen LogP contribution in [-0.2, 0) is 25.7 Å². The molecule has 0 radical (unpaired) electrons. The summed E-state index contributed by atoms with van der Waals surface area (Å²) in [6.45, 7) is 3.63. The Hall–Kier alpha value is -2.54. The minimum absolute atomic E-state index is 0.0153. The first kappa shape index (κ1) is 26.5. The van der Waals surface area contributed by atoms with E-state index in [-0.39, 0.29) is 25.0 Å². The number of carbonyl (C=O) groups excluding carboxylic acids is 2. The van der Waals surface area contributed by atoms with Gasteiger partial charge in [0.15, 0.2) is 0 Å². The number of rotatable bonds is 10. The van der Waals surface area contributed by atoms with Gasteiger partial charge in [0.05, 0.1) is 24.8 Å². The van der Waals surface area contributed by atoms with Gasteiger partial charge in [-0.15, -0.1) is 11.6 Å². The van der Waals surface area contributed by atoms with Crippen LogP contribution in [0.3, 0.4) is 0 Å². The minimum atomic E-state index is -0.431. The quantitative estimate of drug-likeness (QED) is 0.218. The van der Waals surface area contributed by atoms with E-state index in [0.717, 1.165) is 36.1 Å². The van der Waals surface area contributed by atoms with E-state index < -0.39 is 11.9 Å². The van der Waals surface area contributed by atoms with E-state index in [4.69, 9.17) is 37.4 Å². The number of amides is 1. The van der Waals surface area contributed by atoms with Gasteiger partial charge >= 0.3 is 5.97 Å². The van der Waals surface area contributed by atoms with Gasteiger partial charge in [-0.25, -0.2) is 4.79 Å². The maximum atomic E-state index is 13.5. The Labute approximate surface area is 222 Å². The Balaban J connectivity index is 1.52. The monoisotopic (exact) mass is 531 g/mol. The van der Waals surface area contributed by atoms with E-state index in [1.807, 2.05) is 43.3 Å². The molecular weight excluding hydrogens is 501 g/mol. The van der Waals surface area contributed by atoms with E-state index in [9.17, 15) is 9.59 Å². The number of benzene rings is 2. The fraction of sp³-hybridized carbons (Fsp3) is 0.429. The van der Waals surface area contributed by atoms with E-state index in [0.29, 0.717) is 41.9 Å². The number of carbonyl (C=O) groups is 2. The molecule has 0 spiro atoms. The molecule has 4 rings (SSSR count). The lowest BCUT2D eigenvalue weighted by Gasteiger charge is -2.35. The Morgan fingerprint density at radius 2 is 1.89 bits per heavy atom. The number of allylic oxidation sites excluding steroid dienone is 1. The SMILES string of the molecule is CC1=C(C(=O)OCc2ccc(OCCCCl)cc2)[C@H](c2ccc(Cl)cc2)CC(=O)N1C[C@H]1CCCO1. The van der Waals surface area contributed by atoms with Crippen LogP contribution in [0, 0.1) is 0 Å². The number of halogens is 2. The van der Waals surface area contributed by atoms with E-state index in [2.05, 4.69) is 0 Å². The van der Waals surface area contributed by atoms with Gasteiger partial charge in [-0.1, -0.05) is 35.9 Å². The van der Waals surface area contributed by atoms with Gasteiger partial charge in [0, 0.05) is 35.5 Å². The number of hydrogen-bond donors (Lipinski definition) is 0. The summed E-state index contributed by atoms with van der Waals surface area (Å²) in [6.07, 6.45) is 2.83. The molecule has 2 aromatic rings. The van der Waals surface area contributed by atoms with Crippen LogP contribution in [0.15, 0.2) is 59.8 Å². The maximum absolute atomic E-state index is 13.5. The average Bonchev–Trinajstić information content (AvgIpc) is 3.39. The maximum Gasteiger partial charge on any atom is 0.336 e. The molecule has 1 amide bonds. The third-order valence-electron chi connectivity index (χ3n) is 6.57. The van der Waals surface area contributed by atoms with Crippen LogP contribution in [0.1, 0.15) is 49.7 Å². The fourth-order valence-corrected chi connectivity index (χ4v) is 4.86. The topological polar surface area (TPSA) is 65.1 Å². The van der Waals surface area contributed by atoms with Crippen molar-refractivity contribution < 1.29 is 23.8 Å². The molecule has 2 aliphatic heterocycles. The van der Waals surface area contributed by atoms with Crippen molar-refractivity contribution in [2.75, 3.05) is 25.6 Å². The van der Waals surface area contributed by atoms with Gasteiger partial charge in [0.1, 0.15) is 12.4 Å². The normalized spacial score (nSPS) is 20.1. The van der Waals surface area contributed by atoms with Gasteiger partial charge in [-0.2, -0.15) is 0 Å². The number of esters is 1. The molecule has 0 aromatic heterocycles. The zero-order valence-corrected chi connectivity index (χ0v) is 21.9. The van der Waals surface area contributed by atoms with Crippen LogP contribution < -0.4 is 4.74 Å². The highest BCUT2D eigenvalue weighted by Crippen LogP contribution is 2.38. The third-order valence-corrected chi connectivity index (χ3v) is 7.08. The van der Waals surface area contributed by atoms with Crippen molar-refractivity contribution in [1.82, 2.24) is 4.90 Å². The second-order valence-corrected chi connectivity index (χ2v) is 9.87. The highest BCUT2D eigenvalue weighted by Gasteiger charge is 2.38. The molecule has 2 heterocycles. The predicted molar refractivity (Wildman–Crippen MR) is 139 cm³/mol. The summed E-state index contributed by atoms with van der Waals surface area (Å²) in [5.41, 5.74) is 2.82. The number of nitrogens with zero attached hydrogens (tertiary/aromatic N) is 1.